The molecule has 2 aromatic heterocycles. The van der Waals surface area contributed by atoms with E-state index >= 15 is 0 Å². The van der Waals surface area contributed by atoms with Crippen LogP contribution in [0, 0.1) is 0 Å². The van der Waals surface area contributed by atoms with Crippen LogP contribution in [0.5, 0.6) is 0 Å². The second kappa shape index (κ2) is 5.28. The average Bonchev–Trinajstić information content (AvgIpc) is 3.08. The number of likely N-dealkylation sites (tertiary alicyclic amines) is 1. The quantitative estimate of drug-likeness (QED) is 0.892. The van der Waals surface area contributed by atoms with Crippen molar-refractivity contribution >= 4 is 11.8 Å². The molecular weight excluding hydrogens is 256 g/mol. The number of nitrogens with one attached hydrogen (secondary N) is 1. The summed E-state index contributed by atoms with van der Waals surface area (Å²) in [6.45, 7) is 1.41. The number of hydrogen-bond donors (Lipinski definition) is 1. The van der Waals surface area contributed by atoms with Gasteiger partial charge in [0.2, 0.25) is 0 Å². The molecule has 0 spiro atoms. The first-order chi connectivity index (χ1) is 9.74. The van der Waals surface area contributed by atoms with E-state index in [-0.39, 0.29) is 6.03 Å². The van der Waals surface area contributed by atoms with Crippen LogP contribution in [0.1, 0.15) is 18.2 Å². The highest BCUT2D eigenvalue weighted by Gasteiger charge is 2.29. The zero-order valence-corrected chi connectivity index (χ0v) is 11.2. The van der Waals surface area contributed by atoms with Crippen molar-refractivity contribution < 1.29 is 4.79 Å². The summed E-state index contributed by atoms with van der Waals surface area (Å²) in [5, 5.41) is 2.77. The number of imidazole rings is 1. The number of rotatable bonds is 2. The molecule has 104 valence electrons. The molecule has 20 heavy (non-hydrogen) atoms. The smallest absolute Gasteiger partial charge is 0.323 e. The minimum Gasteiger partial charge on any atom is -0.338 e. The van der Waals surface area contributed by atoms with Gasteiger partial charge in [-0.25, -0.2) is 19.7 Å². The Labute approximate surface area is 116 Å². The van der Waals surface area contributed by atoms with Gasteiger partial charge in [0.1, 0.15) is 18.0 Å². The molecule has 3 heterocycles. The number of amides is 2. The summed E-state index contributed by atoms with van der Waals surface area (Å²) >= 11 is 0. The highest BCUT2D eigenvalue weighted by molar-refractivity contribution is 5.88. The molecule has 0 aliphatic carbocycles. The molecule has 2 amide bonds. The fraction of sp³-hybridized carbons (Fsp3) is 0.385. The summed E-state index contributed by atoms with van der Waals surface area (Å²) in [7, 11) is 1.98. The Morgan fingerprint density at radius 1 is 1.40 bits per heavy atom. The largest absolute Gasteiger partial charge is 0.338 e. The van der Waals surface area contributed by atoms with Crippen LogP contribution in [0.15, 0.2) is 31.0 Å². The Morgan fingerprint density at radius 2 is 2.30 bits per heavy atom. The van der Waals surface area contributed by atoms with Gasteiger partial charge in [-0.1, -0.05) is 0 Å². The Balaban J connectivity index is 1.63. The lowest BCUT2D eigenvalue weighted by Gasteiger charge is -2.16. The van der Waals surface area contributed by atoms with Gasteiger partial charge in [0.05, 0.1) is 0 Å². The van der Waals surface area contributed by atoms with E-state index in [2.05, 4.69) is 20.3 Å². The summed E-state index contributed by atoms with van der Waals surface area (Å²) < 4.78 is 2.01. The van der Waals surface area contributed by atoms with Crippen LogP contribution in [-0.2, 0) is 7.05 Å². The van der Waals surface area contributed by atoms with Crippen LogP contribution >= 0.6 is 0 Å². The topological polar surface area (TPSA) is 75.9 Å². The van der Waals surface area contributed by atoms with Crippen LogP contribution in [-0.4, -0.2) is 43.5 Å². The molecule has 3 rings (SSSR count). The van der Waals surface area contributed by atoms with Crippen molar-refractivity contribution in [1.82, 2.24) is 24.4 Å². The van der Waals surface area contributed by atoms with Crippen LogP contribution in [0.4, 0.5) is 10.6 Å². The number of aromatic nitrogens is 4. The zero-order chi connectivity index (χ0) is 13.9. The van der Waals surface area contributed by atoms with Crippen molar-refractivity contribution in [1.29, 1.82) is 0 Å². The predicted octanol–water partition coefficient (Wildman–Crippen LogP) is 1.23. The van der Waals surface area contributed by atoms with Crippen molar-refractivity contribution in [2.24, 2.45) is 7.05 Å². The van der Waals surface area contributed by atoms with Gasteiger partial charge < -0.3 is 9.47 Å². The Kier molecular flexibility index (Phi) is 3.32. The second-order valence-electron chi connectivity index (χ2n) is 4.85. The molecule has 1 aliphatic heterocycles. The molecule has 0 saturated carbocycles. The number of aryl methyl sites for hydroxylation is 1. The monoisotopic (exact) mass is 272 g/mol. The normalized spacial score (nSPS) is 18.2. The predicted molar refractivity (Wildman–Crippen MR) is 73.2 cm³/mol. The fourth-order valence-electron chi connectivity index (χ4n) is 2.48. The molecule has 2 aromatic rings. The highest BCUT2D eigenvalue weighted by Crippen LogP contribution is 2.25. The molecule has 0 aromatic carbocycles. The van der Waals surface area contributed by atoms with E-state index in [1.807, 2.05) is 17.8 Å². The Bertz CT molecular complexity index is 596. The minimum absolute atomic E-state index is 0.125. The molecule has 1 N–H and O–H groups in total. The maximum Gasteiger partial charge on any atom is 0.323 e. The number of anilines is 1. The molecule has 1 aliphatic rings. The third-order valence-corrected chi connectivity index (χ3v) is 3.52. The standard InChI is InChI=1S/C13H16N6O/c1-18-7-5-15-12(18)10-3-6-19(8-10)13(20)17-11-2-4-14-9-16-11/h2,4-5,7,9-10H,3,6,8H2,1H3,(H,14,16,17,20). The average molecular weight is 272 g/mol. The number of urea groups is 1. The van der Waals surface area contributed by atoms with Gasteiger partial charge in [-0.2, -0.15) is 0 Å². The molecule has 7 nitrogen and oxygen atoms in total. The van der Waals surface area contributed by atoms with E-state index in [0.717, 1.165) is 18.8 Å². The first-order valence-electron chi connectivity index (χ1n) is 6.53. The van der Waals surface area contributed by atoms with Crippen molar-refractivity contribution in [3.05, 3.63) is 36.8 Å². The Hall–Kier alpha value is -2.44. The maximum atomic E-state index is 12.1. The van der Waals surface area contributed by atoms with Gasteiger partial charge in [-0.15, -0.1) is 0 Å². The maximum absolute atomic E-state index is 12.1. The first kappa shape index (κ1) is 12.6. The van der Waals surface area contributed by atoms with Gasteiger partial charge >= 0.3 is 6.03 Å². The molecule has 1 unspecified atom stereocenters. The van der Waals surface area contributed by atoms with E-state index in [9.17, 15) is 4.79 Å². The first-order valence-corrected chi connectivity index (χ1v) is 6.53. The Morgan fingerprint density at radius 3 is 3.00 bits per heavy atom. The number of carbonyl (C=O) groups is 1. The van der Waals surface area contributed by atoms with Crippen LogP contribution in [0.3, 0.4) is 0 Å². The summed E-state index contributed by atoms with van der Waals surface area (Å²) in [5.74, 6) is 1.85. The second-order valence-corrected chi connectivity index (χ2v) is 4.85. The van der Waals surface area contributed by atoms with Crippen LogP contribution in [0.2, 0.25) is 0 Å². The minimum atomic E-state index is -0.125. The van der Waals surface area contributed by atoms with E-state index in [1.54, 1.807) is 23.4 Å². The molecular formula is C13H16N6O. The summed E-state index contributed by atoms with van der Waals surface area (Å²) in [5.41, 5.74) is 0. The van der Waals surface area contributed by atoms with E-state index in [4.69, 9.17) is 0 Å². The third-order valence-electron chi connectivity index (χ3n) is 3.52. The molecule has 0 bridgehead atoms. The van der Waals surface area contributed by atoms with Crippen molar-refractivity contribution in [3.8, 4) is 0 Å². The molecule has 1 atom stereocenters. The van der Waals surface area contributed by atoms with Gasteiger partial charge in [0, 0.05) is 44.6 Å². The lowest BCUT2D eigenvalue weighted by atomic mass is 10.1. The summed E-state index contributed by atoms with van der Waals surface area (Å²) in [4.78, 5) is 26.1. The molecule has 1 saturated heterocycles. The zero-order valence-electron chi connectivity index (χ0n) is 11.2. The summed E-state index contributed by atoms with van der Waals surface area (Å²) in [6, 6.07) is 1.55. The van der Waals surface area contributed by atoms with E-state index in [1.165, 1.54) is 6.33 Å². The lowest BCUT2D eigenvalue weighted by molar-refractivity contribution is 0.221. The van der Waals surface area contributed by atoms with Crippen molar-refractivity contribution in [3.63, 3.8) is 0 Å². The van der Waals surface area contributed by atoms with Crippen LogP contribution < -0.4 is 5.32 Å². The fourth-order valence-corrected chi connectivity index (χ4v) is 2.48. The molecule has 0 radical (unpaired) electrons. The third kappa shape index (κ3) is 2.47. The number of carbonyl (C=O) groups excluding carboxylic acids is 1. The number of hydrogen-bond acceptors (Lipinski definition) is 4. The van der Waals surface area contributed by atoms with Crippen molar-refractivity contribution in [2.45, 2.75) is 12.3 Å². The highest BCUT2D eigenvalue weighted by atomic mass is 16.2. The van der Waals surface area contributed by atoms with Gasteiger partial charge in [-0.05, 0) is 12.5 Å². The van der Waals surface area contributed by atoms with Crippen molar-refractivity contribution in [2.75, 3.05) is 18.4 Å². The SMILES string of the molecule is Cn1ccnc1C1CCN(C(=O)Nc2ccncn2)C1. The van der Waals surface area contributed by atoms with Gasteiger partial charge in [0.25, 0.3) is 0 Å². The molecule has 1 fully saturated rings. The molecule has 7 heteroatoms. The van der Waals surface area contributed by atoms with E-state index in [0.29, 0.717) is 18.3 Å². The lowest BCUT2D eigenvalue weighted by Crippen LogP contribution is -2.33. The van der Waals surface area contributed by atoms with Gasteiger partial charge in [0.15, 0.2) is 0 Å². The van der Waals surface area contributed by atoms with Gasteiger partial charge in [-0.3, -0.25) is 5.32 Å². The van der Waals surface area contributed by atoms with E-state index < -0.39 is 0 Å². The summed E-state index contributed by atoms with van der Waals surface area (Å²) in [6.07, 6.45) is 7.67. The van der Waals surface area contributed by atoms with Crippen LogP contribution in [0.25, 0.3) is 0 Å². The number of nitrogens with zero attached hydrogens (tertiary/aromatic N) is 5.